The van der Waals surface area contributed by atoms with E-state index in [-0.39, 0.29) is 18.0 Å². The van der Waals surface area contributed by atoms with Crippen LogP contribution < -0.4 is 9.46 Å². The molecule has 24 heavy (non-hydrogen) atoms. The molecule has 0 amide bonds. The molecular weight excluding hydrogens is 352 g/mol. The average Bonchev–Trinajstić information content (AvgIpc) is 2.59. The van der Waals surface area contributed by atoms with E-state index in [1.165, 1.54) is 30.2 Å². The van der Waals surface area contributed by atoms with Crippen molar-refractivity contribution >= 4 is 27.8 Å². The summed E-state index contributed by atoms with van der Waals surface area (Å²) in [5, 5.41) is 8.53. The Bertz CT molecular complexity index is 764. The van der Waals surface area contributed by atoms with Gasteiger partial charge < -0.3 is 9.84 Å². The molecule has 0 fully saturated rings. The minimum absolute atomic E-state index is 0.134. The Morgan fingerprint density at radius 1 is 1.25 bits per heavy atom. The standard InChI is InChI=1S/C15H16N2O5S2/c18-15(19)11-22-12-3-5-13(6-4-12)23-9-8-17-24(20,21)14-2-1-7-16-10-14/h1-7,10,17H,8-9,11H2,(H,18,19). The normalized spacial score (nSPS) is 11.2. The van der Waals surface area contributed by atoms with E-state index in [9.17, 15) is 13.2 Å². The number of rotatable bonds is 9. The molecule has 1 aromatic heterocycles. The van der Waals surface area contributed by atoms with Gasteiger partial charge in [-0.2, -0.15) is 0 Å². The quantitative estimate of drug-likeness (QED) is 0.512. The van der Waals surface area contributed by atoms with E-state index in [0.29, 0.717) is 11.5 Å². The van der Waals surface area contributed by atoms with E-state index in [4.69, 9.17) is 9.84 Å². The summed E-state index contributed by atoms with van der Waals surface area (Å²) in [5.74, 6) is -0.0113. The molecule has 2 aromatic rings. The molecule has 0 saturated carbocycles. The van der Waals surface area contributed by atoms with Gasteiger partial charge in [-0.05, 0) is 36.4 Å². The number of thioether (sulfide) groups is 1. The summed E-state index contributed by atoms with van der Waals surface area (Å²) in [6.07, 6.45) is 2.81. The number of hydrogen-bond donors (Lipinski definition) is 2. The largest absolute Gasteiger partial charge is 0.482 e. The molecule has 0 aliphatic heterocycles. The van der Waals surface area contributed by atoms with Crippen molar-refractivity contribution in [3.8, 4) is 5.75 Å². The number of nitrogens with one attached hydrogen (secondary N) is 1. The van der Waals surface area contributed by atoms with Crippen molar-refractivity contribution in [1.82, 2.24) is 9.71 Å². The number of carbonyl (C=O) groups is 1. The van der Waals surface area contributed by atoms with E-state index in [2.05, 4.69) is 9.71 Å². The van der Waals surface area contributed by atoms with Crippen molar-refractivity contribution in [2.75, 3.05) is 18.9 Å². The number of aromatic nitrogens is 1. The number of sulfonamides is 1. The lowest BCUT2D eigenvalue weighted by atomic mass is 10.3. The van der Waals surface area contributed by atoms with E-state index >= 15 is 0 Å². The molecule has 2 N–H and O–H groups in total. The van der Waals surface area contributed by atoms with Crippen LogP contribution in [0.5, 0.6) is 5.75 Å². The number of nitrogens with zero attached hydrogens (tertiary/aromatic N) is 1. The fraction of sp³-hybridized carbons (Fsp3) is 0.200. The zero-order valence-corrected chi connectivity index (χ0v) is 14.2. The van der Waals surface area contributed by atoms with Gasteiger partial charge >= 0.3 is 5.97 Å². The maximum atomic E-state index is 12.0. The first-order valence-electron chi connectivity index (χ1n) is 6.94. The topological polar surface area (TPSA) is 106 Å². The predicted octanol–water partition coefficient (Wildman–Crippen LogP) is 1.62. The number of ether oxygens (including phenoxy) is 1. The van der Waals surface area contributed by atoms with Gasteiger partial charge in [-0.3, -0.25) is 4.98 Å². The van der Waals surface area contributed by atoms with Crippen LogP contribution in [-0.2, 0) is 14.8 Å². The first kappa shape index (κ1) is 18.2. The Morgan fingerprint density at radius 2 is 2.00 bits per heavy atom. The molecule has 7 nitrogen and oxygen atoms in total. The highest BCUT2D eigenvalue weighted by molar-refractivity contribution is 7.99. The van der Waals surface area contributed by atoms with Crippen LogP contribution in [0, 0.1) is 0 Å². The lowest BCUT2D eigenvalue weighted by molar-refractivity contribution is -0.139. The molecule has 0 atom stereocenters. The Labute approximate surface area is 144 Å². The van der Waals surface area contributed by atoms with Crippen LogP contribution in [-0.4, -0.2) is 43.4 Å². The number of benzene rings is 1. The summed E-state index contributed by atoms with van der Waals surface area (Å²) in [4.78, 5) is 15.3. The highest BCUT2D eigenvalue weighted by Crippen LogP contribution is 2.21. The minimum Gasteiger partial charge on any atom is -0.482 e. The highest BCUT2D eigenvalue weighted by atomic mass is 32.2. The molecule has 0 aliphatic rings. The van der Waals surface area contributed by atoms with Gasteiger partial charge in [-0.1, -0.05) is 0 Å². The third kappa shape index (κ3) is 5.84. The van der Waals surface area contributed by atoms with Crippen molar-refractivity contribution in [2.24, 2.45) is 0 Å². The monoisotopic (exact) mass is 368 g/mol. The van der Waals surface area contributed by atoms with E-state index in [1.54, 1.807) is 30.3 Å². The predicted molar refractivity (Wildman–Crippen MR) is 89.7 cm³/mol. The van der Waals surface area contributed by atoms with Gasteiger partial charge in [0.15, 0.2) is 6.61 Å². The van der Waals surface area contributed by atoms with Gasteiger partial charge in [0.25, 0.3) is 0 Å². The van der Waals surface area contributed by atoms with Gasteiger partial charge in [0.05, 0.1) is 0 Å². The summed E-state index contributed by atoms with van der Waals surface area (Å²) < 4.78 is 31.5. The first-order chi connectivity index (χ1) is 11.5. The Hall–Kier alpha value is -2.10. The second kappa shape index (κ2) is 8.67. The maximum Gasteiger partial charge on any atom is 0.341 e. The number of pyridine rings is 1. The average molecular weight is 368 g/mol. The molecule has 0 spiro atoms. The molecule has 1 heterocycles. The SMILES string of the molecule is O=C(O)COc1ccc(SCCNS(=O)(=O)c2cccnc2)cc1. The van der Waals surface area contributed by atoms with E-state index in [0.717, 1.165) is 4.90 Å². The van der Waals surface area contributed by atoms with Crippen molar-refractivity contribution in [3.63, 3.8) is 0 Å². The van der Waals surface area contributed by atoms with E-state index < -0.39 is 16.0 Å². The van der Waals surface area contributed by atoms with Crippen LogP contribution in [0.3, 0.4) is 0 Å². The second-order valence-corrected chi connectivity index (χ2v) is 7.52. The van der Waals surface area contributed by atoms with Crippen LogP contribution in [0.1, 0.15) is 0 Å². The van der Waals surface area contributed by atoms with Gasteiger partial charge in [-0.25, -0.2) is 17.9 Å². The van der Waals surface area contributed by atoms with Crippen molar-refractivity contribution in [3.05, 3.63) is 48.8 Å². The number of hydrogen-bond acceptors (Lipinski definition) is 6. The Morgan fingerprint density at radius 3 is 2.62 bits per heavy atom. The molecular formula is C15H16N2O5S2. The molecule has 9 heteroatoms. The number of aliphatic carboxylic acids is 1. The lowest BCUT2D eigenvalue weighted by Gasteiger charge is -2.07. The van der Waals surface area contributed by atoms with Crippen LogP contribution in [0.25, 0.3) is 0 Å². The summed E-state index contributed by atoms with van der Waals surface area (Å²) in [6.45, 7) is -0.109. The fourth-order valence-electron chi connectivity index (χ4n) is 1.71. The molecule has 0 bridgehead atoms. The smallest absolute Gasteiger partial charge is 0.341 e. The Balaban J connectivity index is 1.77. The molecule has 0 aliphatic carbocycles. The zero-order valence-electron chi connectivity index (χ0n) is 12.6. The van der Waals surface area contributed by atoms with Crippen molar-refractivity contribution < 1.29 is 23.1 Å². The number of carboxylic acid groups (broad SMARTS) is 1. The van der Waals surface area contributed by atoms with Crippen LogP contribution in [0.2, 0.25) is 0 Å². The van der Waals surface area contributed by atoms with Crippen LogP contribution >= 0.6 is 11.8 Å². The van der Waals surface area contributed by atoms with E-state index in [1.807, 2.05) is 0 Å². The van der Waals surface area contributed by atoms with Gasteiger partial charge in [0, 0.05) is 29.6 Å². The van der Waals surface area contributed by atoms with Gasteiger partial charge in [0.1, 0.15) is 10.6 Å². The summed E-state index contributed by atoms with van der Waals surface area (Å²) >= 11 is 1.47. The molecule has 0 unspecified atom stereocenters. The molecule has 0 radical (unpaired) electrons. The minimum atomic E-state index is -3.54. The van der Waals surface area contributed by atoms with Crippen molar-refractivity contribution in [2.45, 2.75) is 9.79 Å². The molecule has 128 valence electrons. The molecule has 2 rings (SSSR count). The highest BCUT2D eigenvalue weighted by Gasteiger charge is 2.12. The van der Waals surface area contributed by atoms with Crippen LogP contribution in [0.15, 0.2) is 58.6 Å². The number of carboxylic acids is 1. The molecule has 1 aromatic carbocycles. The Kier molecular flexibility index (Phi) is 6.59. The molecule has 0 saturated heterocycles. The van der Waals surface area contributed by atoms with Crippen LogP contribution in [0.4, 0.5) is 0 Å². The third-order valence-electron chi connectivity index (χ3n) is 2.79. The first-order valence-corrected chi connectivity index (χ1v) is 9.41. The third-order valence-corrected chi connectivity index (χ3v) is 5.25. The van der Waals surface area contributed by atoms with Gasteiger partial charge in [0.2, 0.25) is 10.0 Å². The summed E-state index contributed by atoms with van der Waals surface area (Å²) in [7, 11) is -3.54. The second-order valence-electron chi connectivity index (χ2n) is 4.59. The summed E-state index contributed by atoms with van der Waals surface area (Å²) in [6, 6.07) is 9.97. The van der Waals surface area contributed by atoms with Crippen molar-refractivity contribution in [1.29, 1.82) is 0 Å². The fourth-order valence-corrected chi connectivity index (χ4v) is 3.60. The maximum absolute atomic E-state index is 12.0. The summed E-state index contributed by atoms with van der Waals surface area (Å²) in [5.41, 5.74) is 0. The van der Waals surface area contributed by atoms with Gasteiger partial charge in [-0.15, -0.1) is 11.8 Å². The zero-order chi connectivity index (χ0) is 17.4. The lowest BCUT2D eigenvalue weighted by Crippen LogP contribution is -2.26.